The van der Waals surface area contributed by atoms with Crippen molar-refractivity contribution in [1.29, 1.82) is 0 Å². The molecule has 3 aromatic rings. The summed E-state index contributed by atoms with van der Waals surface area (Å²) < 4.78 is 29.7. The van der Waals surface area contributed by atoms with Crippen molar-refractivity contribution in [3.63, 3.8) is 0 Å². The molecule has 0 atom stereocenters. The standard InChI is InChI=1S/C24H30F2N8O/c1-2-32-9-11-33(12-10-32)22(35)15-3-6-17(7-4-15)34-21-20(14-28-23(27)31-21)30-24(34)29-19-8-5-16(25)13-18(19)26/h5,8,13-15,17H,2-4,6-7,9-12H2,1H3,(H,29,30)(H2,27,28,31)/t15-,17+. The van der Waals surface area contributed by atoms with Crippen LogP contribution in [0.1, 0.15) is 38.6 Å². The smallest absolute Gasteiger partial charge is 0.225 e. The molecule has 0 bridgehead atoms. The van der Waals surface area contributed by atoms with Gasteiger partial charge in [0.2, 0.25) is 17.8 Å². The van der Waals surface area contributed by atoms with Crippen LogP contribution in [0.5, 0.6) is 0 Å². The van der Waals surface area contributed by atoms with Crippen LogP contribution in [0.3, 0.4) is 0 Å². The number of anilines is 3. The Morgan fingerprint density at radius 2 is 1.86 bits per heavy atom. The quantitative estimate of drug-likeness (QED) is 0.572. The fourth-order valence-electron chi connectivity index (χ4n) is 5.17. The van der Waals surface area contributed by atoms with Crippen LogP contribution in [0.25, 0.3) is 11.2 Å². The number of nitrogens with one attached hydrogen (secondary N) is 1. The lowest BCUT2D eigenvalue weighted by atomic mass is 9.85. The Morgan fingerprint density at radius 3 is 2.54 bits per heavy atom. The third-order valence-corrected chi connectivity index (χ3v) is 7.17. The minimum atomic E-state index is -0.716. The minimum Gasteiger partial charge on any atom is -0.368 e. The summed E-state index contributed by atoms with van der Waals surface area (Å²) in [6.07, 6.45) is 4.54. The average molecular weight is 485 g/mol. The number of nitrogen functional groups attached to an aromatic ring is 1. The largest absolute Gasteiger partial charge is 0.368 e. The van der Waals surface area contributed by atoms with E-state index in [2.05, 4.69) is 32.1 Å². The zero-order valence-electron chi connectivity index (χ0n) is 19.8. The predicted molar refractivity (Wildman–Crippen MR) is 129 cm³/mol. The van der Waals surface area contributed by atoms with E-state index in [-0.39, 0.29) is 29.5 Å². The van der Waals surface area contributed by atoms with Gasteiger partial charge >= 0.3 is 0 Å². The van der Waals surface area contributed by atoms with Crippen LogP contribution in [0.2, 0.25) is 0 Å². The summed E-state index contributed by atoms with van der Waals surface area (Å²) in [6.45, 7) is 6.57. The number of carbonyl (C=O) groups is 1. The number of hydrogen-bond donors (Lipinski definition) is 2. The molecule has 186 valence electrons. The Balaban J connectivity index is 1.35. The molecule has 11 heteroatoms. The lowest BCUT2D eigenvalue weighted by molar-refractivity contribution is -0.138. The van der Waals surface area contributed by atoms with E-state index in [4.69, 9.17) is 5.73 Å². The van der Waals surface area contributed by atoms with Gasteiger partial charge in [0.05, 0.1) is 11.9 Å². The highest BCUT2D eigenvalue weighted by molar-refractivity contribution is 5.79. The van der Waals surface area contributed by atoms with E-state index in [1.54, 1.807) is 0 Å². The van der Waals surface area contributed by atoms with Gasteiger partial charge < -0.3 is 20.9 Å². The van der Waals surface area contributed by atoms with Crippen LogP contribution >= 0.6 is 0 Å². The van der Waals surface area contributed by atoms with Gasteiger partial charge in [0.15, 0.2) is 5.65 Å². The molecule has 1 aliphatic heterocycles. The number of halogens is 2. The minimum absolute atomic E-state index is 0.000130. The second-order valence-corrected chi connectivity index (χ2v) is 9.26. The number of carbonyl (C=O) groups excluding carboxylic acids is 1. The Bertz CT molecular complexity index is 1220. The van der Waals surface area contributed by atoms with Crippen LogP contribution < -0.4 is 11.1 Å². The van der Waals surface area contributed by atoms with E-state index < -0.39 is 11.6 Å². The van der Waals surface area contributed by atoms with Crippen LogP contribution in [0, 0.1) is 17.6 Å². The molecule has 0 radical (unpaired) electrons. The van der Waals surface area contributed by atoms with E-state index >= 15 is 0 Å². The first-order chi connectivity index (χ1) is 16.9. The van der Waals surface area contributed by atoms with Crippen molar-refractivity contribution in [2.45, 2.75) is 38.6 Å². The van der Waals surface area contributed by atoms with E-state index in [1.165, 1.54) is 18.3 Å². The molecule has 2 aromatic heterocycles. The number of imidazole rings is 1. The van der Waals surface area contributed by atoms with Crippen LogP contribution in [0.4, 0.5) is 26.4 Å². The maximum absolute atomic E-state index is 14.4. The third kappa shape index (κ3) is 4.77. The molecule has 0 spiro atoms. The molecule has 35 heavy (non-hydrogen) atoms. The van der Waals surface area contributed by atoms with Gasteiger partial charge in [-0.05, 0) is 44.4 Å². The van der Waals surface area contributed by atoms with Gasteiger partial charge in [-0.3, -0.25) is 9.36 Å². The SMILES string of the molecule is CCN1CCN(C(=O)[C@H]2CC[C@@H](n3c(Nc4ccc(F)cc4F)nc4cnc(N)nc43)CC2)CC1. The van der Waals surface area contributed by atoms with Crippen LogP contribution in [-0.2, 0) is 4.79 Å². The van der Waals surface area contributed by atoms with Crippen LogP contribution in [-0.4, -0.2) is 67.9 Å². The van der Waals surface area contributed by atoms with Crippen molar-refractivity contribution >= 4 is 34.7 Å². The Labute approximate surface area is 202 Å². The summed E-state index contributed by atoms with van der Waals surface area (Å²) in [5, 5.41) is 2.99. The Kier molecular flexibility index (Phi) is 6.50. The molecule has 1 aliphatic carbocycles. The number of fused-ring (bicyclic) bond motifs is 1. The van der Waals surface area contributed by atoms with Gasteiger partial charge in [-0.1, -0.05) is 6.92 Å². The highest BCUT2D eigenvalue weighted by Crippen LogP contribution is 2.38. The molecular weight excluding hydrogens is 454 g/mol. The van der Waals surface area contributed by atoms with Crippen molar-refractivity contribution < 1.29 is 13.6 Å². The molecule has 0 unspecified atom stereocenters. The van der Waals surface area contributed by atoms with Gasteiger partial charge in [0.1, 0.15) is 17.2 Å². The highest BCUT2D eigenvalue weighted by atomic mass is 19.1. The number of benzene rings is 1. The second-order valence-electron chi connectivity index (χ2n) is 9.26. The van der Waals surface area contributed by atoms with Gasteiger partial charge in [0, 0.05) is 44.2 Å². The third-order valence-electron chi connectivity index (χ3n) is 7.17. The van der Waals surface area contributed by atoms with Crippen molar-refractivity contribution in [3.05, 3.63) is 36.0 Å². The number of amides is 1. The summed E-state index contributed by atoms with van der Waals surface area (Å²) in [7, 11) is 0. The van der Waals surface area contributed by atoms with Crippen molar-refractivity contribution in [1.82, 2.24) is 29.3 Å². The molecule has 1 saturated carbocycles. The number of nitrogens with zero attached hydrogens (tertiary/aromatic N) is 6. The molecule has 1 aromatic carbocycles. The van der Waals surface area contributed by atoms with Gasteiger partial charge in [-0.2, -0.15) is 4.98 Å². The first-order valence-electron chi connectivity index (χ1n) is 12.2. The zero-order chi connectivity index (χ0) is 24.5. The highest BCUT2D eigenvalue weighted by Gasteiger charge is 2.33. The van der Waals surface area contributed by atoms with Crippen molar-refractivity contribution in [2.75, 3.05) is 43.8 Å². The number of hydrogen-bond acceptors (Lipinski definition) is 7. The number of rotatable bonds is 5. The maximum Gasteiger partial charge on any atom is 0.225 e. The fraction of sp³-hybridized carbons (Fsp3) is 0.500. The molecule has 2 fully saturated rings. The molecular formula is C24H30F2N8O. The van der Waals surface area contributed by atoms with Crippen molar-refractivity contribution in [3.8, 4) is 0 Å². The van der Waals surface area contributed by atoms with Crippen LogP contribution in [0.15, 0.2) is 24.4 Å². The topological polar surface area (TPSA) is 105 Å². The number of aromatic nitrogens is 4. The monoisotopic (exact) mass is 484 g/mol. The first kappa shape index (κ1) is 23.4. The summed E-state index contributed by atoms with van der Waals surface area (Å²) in [4.78, 5) is 30.5. The van der Waals surface area contributed by atoms with Gasteiger partial charge in [-0.25, -0.2) is 18.7 Å². The Morgan fingerprint density at radius 1 is 1.11 bits per heavy atom. The molecule has 9 nitrogen and oxygen atoms in total. The van der Waals surface area contributed by atoms with E-state index in [0.717, 1.165) is 64.5 Å². The fourth-order valence-corrected chi connectivity index (χ4v) is 5.17. The first-order valence-corrected chi connectivity index (χ1v) is 12.2. The second kappa shape index (κ2) is 9.73. The van der Waals surface area contributed by atoms with Crippen molar-refractivity contribution in [2.24, 2.45) is 5.92 Å². The summed E-state index contributed by atoms with van der Waals surface area (Å²) >= 11 is 0. The normalized spacial score (nSPS) is 21.4. The maximum atomic E-state index is 14.4. The predicted octanol–water partition coefficient (Wildman–Crippen LogP) is 3.33. The molecule has 1 saturated heterocycles. The summed E-state index contributed by atoms with van der Waals surface area (Å²) in [6, 6.07) is 3.35. The Hall–Kier alpha value is -3.34. The lowest BCUT2D eigenvalue weighted by Crippen LogP contribution is -2.50. The zero-order valence-corrected chi connectivity index (χ0v) is 19.8. The lowest BCUT2D eigenvalue weighted by Gasteiger charge is -2.37. The van der Waals surface area contributed by atoms with E-state index in [9.17, 15) is 13.6 Å². The number of piperazine rings is 1. The molecule has 3 heterocycles. The summed E-state index contributed by atoms with van der Waals surface area (Å²) in [5.74, 6) is -0.622. The molecule has 3 N–H and O–H groups in total. The average Bonchev–Trinajstić information content (AvgIpc) is 3.22. The number of nitrogens with two attached hydrogens (primary N) is 1. The molecule has 5 rings (SSSR count). The summed E-state index contributed by atoms with van der Waals surface area (Å²) in [5.41, 5.74) is 7.03. The molecule has 1 amide bonds. The van der Waals surface area contributed by atoms with E-state index in [0.29, 0.717) is 17.1 Å². The van der Waals surface area contributed by atoms with Gasteiger partial charge in [0.25, 0.3) is 0 Å². The van der Waals surface area contributed by atoms with E-state index in [1.807, 2.05) is 9.47 Å². The van der Waals surface area contributed by atoms with Gasteiger partial charge in [-0.15, -0.1) is 0 Å². The number of likely N-dealkylation sites (N-methyl/N-ethyl adjacent to an activating group) is 1. The molecule has 2 aliphatic rings.